The van der Waals surface area contributed by atoms with Crippen LogP contribution in [0.3, 0.4) is 0 Å². The molecule has 3 rings (SSSR count). The SMILES string of the molecule is O=C1CS[C@H](c2ccc(F)cc2)N1c1ccc(F)c(Cl)c1. The third kappa shape index (κ3) is 2.76. The van der Waals surface area contributed by atoms with Gasteiger partial charge in [0.15, 0.2) is 0 Å². The van der Waals surface area contributed by atoms with Crippen molar-refractivity contribution in [2.75, 3.05) is 10.7 Å². The molecule has 1 saturated heterocycles. The molecule has 2 aromatic rings. The normalized spacial score (nSPS) is 18.3. The molecule has 108 valence electrons. The lowest BCUT2D eigenvalue weighted by molar-refractivity contribution is -0.115. The van der Waals surface area contributed by atoms with E-state index in [4.69, 9.17) is 11.6 Å². The summed E-state index contributed by atoms with van der Waals surface area (Å²) in [7, 11) is 0. The summed E-state index contributed by atoms with van der Waals surface area (Å²) in [4.78, 5) is 13.7. The van der Waals surface area contributed by atoms with Gasteiger partial charge in [-0.15, -0.1) is 11.8 Å². The lowest BCUT2D eigenvalue weighted by Crippen LogP contribution is -2.27. The van der Waals surface area contributed by atoms with Crippen LogP contribution in [0.5, 0.6) is 0 Å². The molecule has 0 bridgehead atoms. The first-order chi connectivity index (χ1) is 10.1. The number of thioether (sulfide) groups is 1. The van der Waals surface area contributed by atoms with Crippen molar-refractivity contribution in [3.63, 3.8) is 0 Å². The fourth-order valence-corrected chi connectivity index (χ4v) is 3.56. The van der Waals surface area contributed by atoms with E-state index in [0.29, 0.717) is 11.4 Å². The maximum atomic E-state index is 13.3. The van der Waals surface area contributed by atoms with Crippen molar-refractivity contribution in [2.24, 2.45) is 0 Å². The molecule has 1 aliphatic rings. The summed E-state index contributed by atoms with van der Waals surface area (Å²) in [6.45, 7) is 0. The van der Waals surface area contributed by atoms with Gasteiger partial charge in [-0.25, -0.2) is 8.78 Å². The fraction of sp³-hybridized carbons (Fsp3) is 0.133. The van der Waals surface area contributed by atoms with Gasteiger partial charge in [0.25, 0.3) is 0 Å². The summed E-state index contributed by atoms with van der Waals surface area (Å²) in [6, 6.07) is 10.2. The number of halogens is 3. The van der Waals surface area contributed by atoms with E-state index in [1.807, 2.05) is 0 Å². The lowest BCUT2D eigenvalue weighted by Gasteiger charge is -2.24. The number of hydrogen-bond donors (Lipinski definition) is 0. The van der Waals surface area contributed by atoms with Crippen LogP contribution in [-0.2, 0) is 4.79 Å². The molecule has 21 heavy (non-hydrogen) atoms. The highest BCUT2D eigenvalue weighted by Gasteiger charge is 2.34. The van der Waals surface area contributed by atoms with Crippen LogP contribution in [0.2, 0.25) is 5.02 Å². The first kappa shape index (κ1) is 14.4. The van der Waals surface area contributed by atoms with Crippen LogP contribution in [-0.4, -0.2) is 11.7 Å². The predicted molar refractivity (Wildman–Crippen MR) is 80.5 cm³/mol. The standard InChI is InChI=1S/C15H10ClF2NOS/c16-12-7-11(5-6-13(12)18)19-14(20)8-21-15(19)9-1-3-10(17)4-2-9/h1-7,15H,8H2/t15-/m1/s1. The fourth-order valence-electron chi connectivity index (χ4n) is 2.21. The molecular formula is C15H10ClF2NOS. The molecule has 0 aliphatic carbocycles. The molecule has 1 amide bonds. The number of nitrogens with zero attached hydrogens (tertiary/aromatic N) is 1. The van der Waals surface area contributed by atoms with Crippen LogP contribution in [0.25, 0.3) is 0 Å². The monoisotopic (exact) mass is 325 g/mol. The molecule has 1 aliphatic heterocycles. The van der Waals surface area contributed by atoms with Gasteiger partial charge in [0.05, 0.1) is 10.8 Å². The molecule has 2 nitrogen and oxygen atoms in total. The van der Waals surface area contributed by atoms with Gasteiger partial charge in [-0.1, -0.05) is 23.7 Å². The Bertz CT molecular complexity index is 693. The van der Waals surface area contributed by atoms with Crippen molar-refractivity contribution in [2.45, 2.75) is 5.37 Å². The highest BCUT2D eigenvalue weighted by atomic mass is 35.5. The summed E-state index contributed by atoms with van der Waals surface area (Å²) in [6.07, 6.45) is 0. The summed E-state index contributed by atoms with van der Waals surface area (Å²) in [5, 5.41) is -0.297. The van der Waals surface area contributed by atoms with Crippen molar-refractivity contribution in [3.05, 3.63) is 64.7 Å². The average molecular weight is 326 g/mol. The number of benzene rings is 2. The zero-order valence-corrected chi connectivity index (χ0v) is 12.3. The summed E-state index contributed by atoms with van der Waals surface area (Å²) in [5.41, 5.74) is 1.35. The minimum Gasteiger partial charge on any atom is -0.295 e. The van der Waals surface area contributed by atoms with Gasteiger partial charge in [-0.05, 0) is 35.9 Å². The number of carbonyl (C=O) groups excluding carboxylic acids is 1. The Morgan fingerprint density at radius 2 is 1.86 bits per heavy atom. The van der Waals surface area contributed by atoms with Gasteiger partial charge in [0.1, 0.15) is 17.0 Å². The highest BCUT2D eigenvalue weighted by molar-refractivity contribution is 8.00. The summed E-state index contributed by atoms with van der Waals surface area (Å²) in [5.74, 6) is -0.628. The van der Waals surface area contributed by atoms with E-state index in [-0.39, 0.29) is 22.1 Å². The maximum absolute atomic E-state index is 13.3. The Hall–Kier alpha value is -1.59. The molecule has 0 spiro atoms. The Morgan fingerprint density at radius 3 is 2.52 bits per heavy atom. The number of carbonyl (C=O) groups is 1. The smallest absolute Gasteiger partial charge is 0.238 e. The van der Waals surface area contributed by atoms with E-state index in [2.05, 4.69) is 0 Å². The van der Waals surface area contributed by atoms with Crippen LogP contribution in [0, 0.1) is 11.6 Å². The second kappa shape index (κ2) is 5.66. The van der Waals surface area contributed by atoms with Crippen molar-refractivity contribution in [3.8, 4) is 0 Å². The Morgan fingerprint density at radius 1 is 1.14 bits per heavy atom. The zero-order valence-electron chi connectivity index (χ0n) is 10.7. The van der Waals surface area contributed by atoms with E-state index in [1.165, 1.54) is 42.1 Å². The third-order valence-corrected chi connectivity index (χ3v) is 4.71. The van der Waals surface area contributed by atoms with Crippen molar-refractivity contribution >= 4 is 35.0 Å². The van der Waals surface area contributed by atoms with E-state index in [1.54, 1.807) is 17.0 Å². The maximum Gasteiger partial charge on any atom is 0.238 e. The van der Waals surface area contributed by atoms with Gasteiger partial charge in [0, 0.05) is 5.69 Å². The number of amides is 1. The Balaban J connectivity index is 1.99. The van der Waals surface area contributed by atoms with Crippen LogP contribution < -0.4 is 4.90 Å². The first-order valence-corrected chi connectivity index (χ1v) is 7.63. The van der Waals surface area contributed by atoms with Crippen LogP contribution >= 0.6 is 23.4 Å². The van der Waals surface area contributed by atoms with E-state index in [0.717, 1.165) is 5.56 Å². The number of anilines is 1. The topological polar surface area (TPSA) is 20.3 Å². The molecular weight excluding hydrogens is 316 g/mol. The second-order valence-corrected chi connectivity index (χ2v) is 6.05. The number of rotatable bonds is 2. The van der Waals surface area contributed by atoms with E-state index in [9.17, 15) is 13.6 Å². The molecule has 0 radical (unpaired) electrons. The van der Waals surface area contributed by atoms with Crippen molar-refractivity contribution in [1.82, 2.24) is 0 Å². The van der Waals surface area contributed by atoms with Crippen LogP contribution in [0.1, 0.15) is 10.9 Å². The number of hydrogen-bond acceptors (Lipinski definition) is 2. The molecule has 2 aromatic carbocycles. The van der Waals surface area contributed by atoms with E-state index < -0.39 is 5.82 Å². The van der Waals surface area contributed by atoms with Crippen molar-refractivity contribution < 1.29 is 13.6 Å². The molecule has 0 N–H and O–H groups in total. The minimum absolute atomic E-state index is 0.0324. The third-order valence-electron chi connectivity index (χ3n) is 3.20. The Labute approximate surface area is 129 Å². The van der Waals surface area contributed by atoms with Gasteiger partial charge in [-0.2, -0.15) is 0 Å². The predicted octanol–water partition coefficient (Wildman–Crippen LogP) is 4.40. The molecule has 1 fully saturated rings. The van der Waals surface area contributed by atoms with Crippen molar-refractivity contribution in [1.29, 1.82) is 0 Å². The van der Waals surface area contributed by atoms with Gasteiger partial charge < -0.3 is 0 Å². The van der Waals surface area contributed by atoms with Crippen LogP contribution in [0.4, 0.5) is 14.5 Å². The highest BCUT2D eigenvalue weighted by Crippen LogP contribution is 2.42. The average Bonchev–Trinajstić information content (AvgIpc) is 2.85. The first-order valence-electron chi connectivity index (χ1n) is 6.20. The second-order valence-electron chi connectivity index (χ2n) is 4.58. The van der Waals surface area contributed by atoms with Crippen LogP contribution in [0.15, 0.2) is 42.5 Å². The van der Waals surface area contributed by atoms with E-state index >= 15 is 0 Å². The molecule has 0 saturated carbocycles. The van der Waals surface area contributed by atoms with Gasteiger partial charge in [0.2, 0.25) is 5.91 Å². The molecule has 1 atom stereocenters. The Kier molecular flexibility index (Phi) is 3.87. The zero-order chi connectivity index (χ0) is 15.0. The lowest BCUT2D eigenvalue weighted by atomic mass is 10.2. The molecule has 0 unspecified atom stereocenters. The molecule has 1 heterocycles. The molecule has 0 aromatic heterocycles. The van der Waals surface area contributed by atoms with Gasteiger partial charge in [-0.3, -0.25) is 9.69 Å². The van der Waals surface area contributed by atoms with Gasteiger partial charge >= 0.3 is 0 Å². The summed E-state index contributed by atoms with van der Waals surface area (Å²) >= 11 is 7.22. The molecule has 6 heteroatoms. The summed E-state index contributed by atoms with van der Waals surface area (Å²) < 4.78 is 26.3. The quantitative estimate of drug-likeness (QED) is 0.816. The minimum atomic E-state index is -0.530. The largest absolute Gasteiger partial charge is 0.295 e.